The number of carbonyl (C=O) groups is 1. The number of aromatic nitrogens is 4. The fraction of sp³-hybridized carbons (Fsp3) is 0.517. The van der Waals surface area contributed by atoms with E-state index >= 15 is 0 Å². The van der Waals surface area contributed by atoms with Crippen LogP contribution in [0.2, 0.25) is 0 Å². The summed E-state index contributed by atoms with van der Waals surface area (Å²) in [6.07, 6.45) is 1.03. The standard InChI is InChI=1S/C27H35BN6O6.C2H6/c1-6-7-15-33-21-22(30-24(33)32-14-10-12-19(17-32)29-25(36)40-27(2,3)4)31(5)26(37)34(23(21)35)16-18-11-8-9-13-20(18)28(38)39;1-2/h8-9,11,13,19,38-39H,10,12,14-17H2,1-5H3,(H,29,36);1-2H3. The van der Waals surface area contributed by atoms with Gasteiger partial charge < -0.3 is 25.0 Å². The van der Waals surface area contributed by atoms with Crippen LogP contribution in [0.3, 0.4) is 0 Å². The van der Waals surface area contributed by atoms with Gasteiger partial charge in [0, 0.05) is 26.2 Å². The molecular weight excluding hydrogens is 539 g/mol. The van der Waals surface area contributed by atoms with Crippen molar-refractivity contribution in [2.24, 2.45) is 7.05 Å². The summed E-state index contributed by atoms with van der Waals surface area (Å²) in [5.74, 6) is 6.33. The number of hydrogen-bond donors (Lipinski definition) is 3. The first-order chi connectivity index (χ1) is 19.9. The number of nitrogens with zero attached hydrogens (tertiary/aromatic N) is 5. The van der Waals surface area contributed by atoms with Crippen LogP contribution in [-0.2, 0) is 24.9 Å². The highest BCUT2D eigenvalue weighted by molar-refractivity contribution is 6.59. The van der Waals surface area contributed by atoms with E-state index in [1.54, 1.807) is 57.5 Å². The molecule has 1 fully saturated rings. The summed E-state index contributed by atoms with van der Waals surface area (Å²) < 4.78 is 9.49. The van der Waals surface area contributed by atoms with Crippen molar-refractivity contribution >= 4 is 35.8 Å². The molecule has 1 aliphatic rings. The average molecular weight is 580 g/mol. The minimum absolute atomic E-state index is 0.152. The molecule has 3 heterocycles. The summed E-state index contributed by atoms with van der Waals surface area (Å²) >= 11 is 0. The third kappa shape index (κ3) is 7.24. The Kier molecular flexibility index (Phi) is 10.7. The highest BCUT2D eigenvalue weighted by Gasteiger charge is 2.29. The van der Waals surface area contributed by atoms with Gasteiger partial charge in [0.1, 0.15) is 5.60 Å². The predicted molar refractivity (Wildman–Crippen MR) is 164 cm³/mol. The lowest BCUT2D eigenvalue weighted by atomic mass is 9.77. The summed E-state index contributed by atoms with van der Waals surface area (Å²) in [7, 11) is -0.207. The van der Waals surface area contributed by atoms with Gasteiger partial charge in [0.15, 0.2) is 11.2 Å². The van der Waals surface area contributed by atoms with Gasteiger partial charge in [-0.25, -0.2) is 9.59 Å². The van der Waals surface area contributed by atoms with Crippen molar-refractivity contribution in [2.45, 2.75) is 79.1 Å². The van der Waals surface area contributed by atoms with Gasteiger partial charge in [0.25, 0.3) is 5.56 Å². The molecule has 13 heteroatoms. The molecule has 0 saturated carbocycles. The molecule has 2 aromatic heterocycles. The molecule has 42 heavy (non-hydrogen) atoms. The molecule has 0 spiro atoms. The topological polar surface area (TPSA) is 144 Å². The Hall–Kier alpha value is -4.02. The molecule has 0 radical (unpaired) electrons. The number of hydrogen-bond acceptors (Lipinski definition) is 8. The van der Waals surface area contributed by atoms with Crippen molar-refractivity contribution in [3.05, 3.63) is 50.7 Å². The first-order valence-electron chi connectivity index (χ1n) is 14.2. The number of fused-ring (bicyclic) bond motifs is 1. The molecule has 12 nitrogen and oxygen atoms in total. The maximum atomic E-state index is 13.8. The number of nitrogens with one attached hydrogen (secondary N) is 1. The molecule has 3 N–H and O–H groups in total. The Balaban J connectivity index is 0.00000237. The Labute approximate surface area is 246 Å². The predicted octanol–water partition coefficient (Wildman–Crippen LogP) is 1.17. The van der Waals surface area contributed by atoms with Gasteiger partial charge in [-0.05, 0) is 51.6 Å². The summed E-state index contributed by atoms with van der Waals surface area (Å²) in [6, 6.07) is 6.33. The zero-order valence-electron chi connectivity index (χ0n) is 25.5. The molecule has 1 amide bonds. The van der Waals surface area contributed by atoms with Crippen LogP contribution in [0.5, 0.6) is 0 Å². The van der Waals surface area contributed by atoms with Gasteiger partial charge in [0.05, 0.1) is 13.1 Å². The monoisotopic (exact) mass is 580 g/mol. The highest BCUT2D eigenvalue weighted by Crippen LogP contribution is 2.23. The number of piperidine rings is 1. The largest absolute Gasteiger partial charge is 0.488 e. The number of benzene rings is 1. The first-order valence-corrected chi connectivity index (χ1v) is 14.2. The van der Waals surface area contributed by atoms with Gasteiger partial charge in [-0.1, -0.05) is 44.0 Å². The zero-order valence-corrected chi connectivity index (χ0v) is 25.5. The van der Waals surface area contributed by atoms with Crippen molar-refractivity contribution in [1.82, 2.24) is 24.0 Å². The summed E-state index contributed by atoms with van der Waals surface area (Å²) in [5.41, 5.74) is -0.688. The molecule has 3 aromatic rings. The van der Waals surface area contributed by atoms with E-state index < -0.39 is 30.1 Å². The van der Waals surface area contributed by atoms with Crippen molar-refractivity contribution in [1.29, 1.82) is 0 Å². The van der Waals surface area contributed by atoms with Gasteiger partial charge in [0.2, 0.25) is 5.95 Å². The van der Waals surface area contributed by atoms with E-state index in [1.165, 1.54) is 10.6 Å². The van der Waals surface area contributed by atoms with Gasteiger partial charge in [-0.2, -0.15) is 4.98 Å². The maximum Gasteiger partial charge on any atom is 0.488 e. The highest BCUT2D eigenvalue weighted by atomic mass is 16.6. The van der Waals surface area contributed by atoms with E-state index in [-0.39, 0.29) is 35.8 Å². The second-order valence-corrected chi connectivity index (χ2v) is 10.8. The molecule has 1 saturated heterocycles. The fourth-order valence-corrected chi connectivity index (χ4v) is 4.90. The summed E-state index contributed by atoms with van der Waals surface area (Å²) in [5, 5.41) is 22.5. The van der Waals surface area contributed by atoms with Crippen molar-refractivity contribution in [3.63, 3.8) is 0 Å². The van der Waals surface area contributed by atoms with Crippen LogP contribution in [0, 0.1) is 11.8 Å². The molecule has 1 atom stereocenters. The van der Waals surface area contributed by atoms with E-state index in [9.17, 15) is 24.4 Å². The smallest absolute Gasteiger partial charge is 0.444 e. The Morgan fingerprint density at radius 3 is 2.52 bits per heavy atom. The molecular formula is C29H41BN6O6. The molecule has 1 unspecified atom stereocenters. The van der Waals surface area contributed by atoms with E-state index in [0.717, 1.165) is 17.4 Å². The van der Waals surface area contributed by atoms with Crippen molar-refractivity contribution < 1.29 is 19.6 Å². The van der Waals surface area contributed by atoms with Crippen molar-refractivity contribution in [3.8, 4) is 11.8 Å². The third-order valence-electron chi connectivity index (χ3n) is 6.71. The number of rotatable bonds is 6. The van der Waals surface area contributed by atoms with E-state index in [1.807, 2.05) is 18.7 Å². The normalized spacial score (nSPS) is 14.9. The zero-order chi connectivity index (χ0) is 31.2. The quantitative estimate of drug-likeness (QED) is 0.291. The van der Waals surface area contributed by atoms with Gasteiger partial charge >= 0.3 is 18.9 Å². The van der Waals surface area contributed by atoms with Crippen LogP contribution in [0.25, 0.3) is 11.2 Å². The lowest BCUT2D eigenvalue weighted by Gasteiger charge is -2.34. The fourth-order valence-electron chi connectivity index (χ4n) is 4.90. The lowest BCUT2D eigenvalue weighted by Crippen LogP contribution is -2.49. The maximum absolute atomic E-state index is 13.8. The summed E-state index contributed by atoms with van der Waals surface area (Å²) in [6.45, 7) is 12.2. The van der Waals surface area contributed by atoms with Gasteiger partial charge in [-0.15, -0.1) is 5.92 Å². The number of amides is 1. The molecule has 226 valence electrons. The number of aryl methyl sites for hydroxylation is 1. The molecule has 1 aromatic carbocycles. The third-order valence-corrected chi connectivity index (χ3v) is 6.71. The Morgan fingerprint density at radius 2 is 1.88 bits per heavy atom. The number of carbonyl (C=O) groups excluding carboxylic acids is 1. The number of alkyl carbamates (subject to hydrolysis) is 1. The first kappa shape index (κ1) is 32.5. The molecule has 4 rings (SSSR count). The van der Waals surface area contributed by atoms with Crippen LogP contribution >= 0.6 is 0 Å². The number of imidazole rings is 1. The number of ether oxygens (including phenoxy) is 1. The second kappa shape index (κ2) is 13.8. The van der Waals surface area contributed by atoms with E-state index in [0.29, 0.717) is 24.6 Å². The van der Waals surface area contributed by atoms with Crippen LogP contribution in [0.4, 0.5) is 10.7 Å². The number of anilines is 1. The SMILES string of the molecule is CC.CC#CCn1c(N2CCCC(NC(=O)OC(C)(C)C)C2)nc2c1c(=O)n(Cc1ccccc1B(O)O)c(=O)n2C. The van der Waals surface area contributed by atoms with Crippen LogP contribution in [0.15, 0.2) is 33.9 Å². The second-order valence-electron chi connectivity index (χ2n) is 10.8. The molecule has 1 aliphatic heterocycles. The van der Waals surface area contributed by atoms with E-state index in [4.69, 9.17) is 9.72 Å². The van der Waals surface area contributed by atoms with Gasteiger partial charge in [-0.3, -0.25) is 18.5 Å². The summed E-state index contributed by atoms with van der Waals surface area (Å²) in [4.78, 5) is 46.3. The van der Waals surface area contributed by atoms with Crippen LogP contribution in [-0.4, -0.2) is 66.7 Å². The minimum Gasteiger partial charge on any atom is -0.444 e. The van der Waals surface area contributed by atoms with Crippen LogP contribution < -0.4 is 26.9 Å². The Bertz CT molecular complexity index is 1590. The lowest BCUT2D eigenvalue weighted by molar-refractivity contribution is 0.0499. The molecule has 0 bridgehead atoms. The molecule has 0 aliphatic carbocycles. The van der Waals surface area contributed by atoms with Crippen molar-refractivity contribution in [2.75, 3.05) is 18.0 Å². The van der Waals surface area contributed by atoms with Crippen LogP contribution in [0.1, 0.15) is 59.9 Å². The Morgan fingerprint density at radius 1 is 1.19 bits per heavy atom. The minimum atomic E-state index is -1.75. The average Bonchev–Trinajstić information content (AvgIpc) is 3.33. The van der Waals surface area contributed by atoms with E-state index in [2.05, 4.69) is 17.2 Å².